The van der Waals surface area contributed by atoms with Crippen molar-refractivity contribution < 1.29 is 91.3 Å². The molecule has 0 aromatic rings. The Morgan fingerprint density at radius 2 is 1.00 bits per heavy atom. The maximum Gasteiger partial charge on any atom is 0 e. The molecule has 4 heavy (non-hydrogen) atoms. The van der Waals surface area contributed by atoms with Gasteiger partial charge in [0.25, 0.3) is 0 Å². The Morgan fingerprint density at radius 3 is 1.00 bits per heavy atom. The van der Waals surface area contributed by atoms with E-state index in [4.69, 9.17) is 0 Å². The first-order valence-electron chi connectivity index (χ1n) is 0. The van der Waals surface area contributed by atoms with E-state index in [9.17, 15) is 0 Å². The van der Waals surface area contributed by atoms with E-state index >= 15 is 0 Å². The summed E-state index contributed by atoms with van der Waals surface area (Å²) in [6, 6.07) is 0. The first kappa shape index (κ1) is 24.6. The van der Waals surface area contributed by atoms with Crippen LogP contribution < -0.4 is 0 Å². The Labute approximate surface area is 114 Å². The first-order valence-corrected chi connectivity index (χ1v) is 0. The van der Waals surface area contributed by atoms with Crippen LogP contribution in [-0.4, -0.2) is 25.8 Å². The smallest absolute Gasteiger partial charge is 0 e. The van der Waals surface area contributed by atoms with Crippen molar-refractivity contribution in [2.75, 3.05) is 0 Å². The van der Waals surface area contributed by atoms with E-state index < -0.39 is 0 Å². The van der Waals surface area contributed by atoms with Crippen LogP contribution in [0.1, 0.15) is 0 Å². The molecule has 19 valence electrons. The van der Waals surface area contributed by atoms with Crippen molar-refractivity contribution in [2.24, 2.45) is 0 Å². The monoisotopic (exact) mass is 527 g/mol. The molecule has 0 atom stereocenters. The van der Waals surface area contributed by atoms with Crippen LogP contribution in [0.15, 0.2) is 0 Å². The Kier molecular flexibility index (Phi) is 97.2. The predicted molar refractivity (Wildman–Crippen MR) is 5.75 cm³/mol. The van der Waals surface area contributed by atoms with Crippen LogP contribution in [-0.2, 0) is 53.5 Å². The van der Waals surface area contributed by atoms with Gasteiger partial charge < -0.3 is 0 Å². The maximum absolute atomic E-state index is 0. The van der Waals surface area contributed by atoms with Crippen molar-refractivity contribution in [2.45, 2.75) is 0 Å². The Hall–Kier alpha value is 3.94. The van der Waals surface area contributed by atoms with Crippen LogP contribution in [0.3, 0.4) is 0 Å². The normalized spacial score (nSPS) is 0. The Bertz CT molecular complexity index is 8.00. The summed E-state index contributed by atoms with van der Waals surface area (Å²) in [5.41, 5.74) is 0. The summed E-state index contributed by atoms with van der Waals surface area (Å²) < 4.78 is 0. The van der Waals surface area contributed by atoms with Gasteiger partial charge in [0, 0.05) is 117 Å². The van der Waals surface area contributed by atoms with Crippen LogP contribution >= 0.6 is 0 Å². The van der Waals surface area contributed by atoms with Gasteiger partial charge in [0.2, 0.25) is 0 Å². The van der Waals surface area contributed by atoms with Gasteiger partial charge in [-0.2, -0.15) is 0 Å². The number of hydrogen-bond acceptors (Lipinski definition) is 0. The molecule has 0 spiro atoms. The van der Waals surface area contributed by atoms with E-state index in [1.165, 1.54) is 0 Å². The minimum atomic E-state index is 0. The zero-order valence-electron chi connectivity index (χ0n) is 2.16. The molecule has 0 aliphatic rings. The third kappa shape index (κ3) is 9.33. The standard InChI is InChI=1S/Hg.Ho.In.Sc. The van der Waals surface area contributed by atoms with Gasteiger partial charge in [-0.3, -0.25) is 0 Å². The van der Waals surface area contributed by atoms with Crippen molar-refractivity contribution >= 4 is 25.8 Å². The van der Waals surface area contributed by atoms with Crippen LogP contribution in [0.2, 0.25) is 0 Å². The van der Waals surface area contributed by atoms with Gasteiger partial charge in [0.1, 0.15) is 0 Å². The molecular formula is HgHoInSc. The third-order valence-corrected chi connectivity index (χ3v) is 0. The largest absolute Gasteiger partial charge is 0 e. The molecule has 0 aliphatic carbocycles. The third-order valence-electron chi connectivity index (χ3n) is 0. The average Bonchev–Trinajstić information content (AvgIpc) is 0. The Morgan fingerprint density at radius 1 is 1.00 bits per heavy atom. The molecule has 0 rings (SSSR count). The molecule has 0 fully saturated rings. The van der Waals surface area contributed by atoms with E-state index in [0.29, 0.717) is 0 Å². The van der Waals surface area contributed by atoms with Crippen LogP contribution in [0.25, 0.3) is 0 Å². The molecular weight excluding hydrogens is 525 g/mol. The summed E-state index contributed by atoms with van der Waals surface area (Å²) in [6.45, 7) is 0. The van der Waals surface area contributed by atoms with E-state index in [0.717, 1.165) is 0 Å². The maximum atomic E-state index is 0. The molecule has 0 saturated heterocycles. The van der Waals surface area contributed by atoms with Crippen molar-refractivity contribution in [1.82, 2.24) is 0 Å². The fraction of sp³-hybridized carbons (Fsp3) is 0. The zero-order valence-corrected chi connectivity index (χ0v) is 14.7. The molecule has 0 heterocycles. The fourth-order valence-electron chi connectivity index (χ4n) is 0. The summed E-state index contributed by atoms with van der Waals surface area (Å²) in [5.74, 6) is 0. The SMILES string of the molecule is [Hg].[Ho].[In].[Sc]. The zero-order chi connectivity index (χ0) is 0. The van der Waals surface area contributed by atoms with Gasteiger partial charge >= 0.3 is 0 Å². The molecule has 0 N–H and O–H groups in total. The summed E-state index contributed by atoms with van der Waals surface area (Å²) >= 11 is 0. The topological polar surface area (TPSA) is 0 Å². The molecule has 0 saturated carbocycles. The van der Waals surface area contributed by atoms with Crippen molar-refractivity contribution in [3.8, 4) is 0 Å². The predicted octanol–water partition coefficient (Wildman–Crippen LogP) is -0.386. The van der Waals surface area contributed by atoms with Crippen molar-refractivity contribution in [1.29, 1.82) is 0 Å². The molecule has 5 radical (unpaired) electrons. The van der Waals surface area contributed by atoms with Crippen LogP contribution in [0, 0.1) is 37.7 Å². The second-order valence-electron chi connectivity index (χ2n) is 0. The molecule has 0 nitrogen and oxygen atoms in total. The molecule has 0 aromatic heterocycles. The summed E-state index contributed by atoms with van der Waals surface area (Å²) in [4.78, 5) is 0. The van der Waals surface area contributed by atoms with Crippen molar-refractivity contribution in [3.63, 3.8) is 0 Å². The number of rotatable bonds is 0. The van der Waals surface area contributed by atoms with E-state index in [-0.39, 0.29) is 117 Å². The molecule has 4 heteroatoms. The summed E-state index contributed by atoms with van der Waals surface area (Å²) in [5, 5.41) is 0. The summed E-state index contributed by atoms with van der Waals surface area (Å²) in [6.07, 6.45) is 0. The summed E-state index contributed by atoms with van der Waals surface area (Å²) in [7, 11) is 0. The minimum absolute atomic E-state index is 0. The quantitative estimate of drug-likeness (QED) is 0.379. The molecule has 0 aromatic carbocycles. The molecule has 0 bridgehead atoms. The fourth-order valence-corrected chi connectivity index (χ4v) is 0. The van der Waals surface area contributed by atoms with Crippen LogP contribution in [0.5, 0.6) is 0 Å². The van der Waals surface area contributed by atoms with Gasteiger partial charge in [0.05, 0.1) is 0 Å². The Balaban J connectivity index is 0. The minimum Gasteiger partial charge on any atom is 0 e. The van der Waals surface area contributed by atoms with Gasteiger partial charge in [-0.05, 0) is 0 Å². The van der Waals surface area contributed by atoms with Gasteiger partial charge in [0.15, 0.2) is 0 Å². The average molecular weight is 525 g/mol. The number of hydrogen-bond donors (Lipinski definition) is 0. The van der Waals surface area contributed by atoms with Crippen LogP contribution in [0.4, 0.5) is 0 Å². The molecule has 0 aliphatic heterocycles. The van der Waals surface area contributed by atoms with Gasteiger partial charge in [-0.25, -0.2) is 0 Å². The molecule has 0 amide bonds. The molecule has 0 unspecified atom stereocenters. The van der Waals surface area contributed by atoms with Gasteiger partial charge in [-0.1, -0.05) is 0 Å². The van der Waals surface area contributed by atoms with Crippen molar-refractivity contribution in [3.05, 3.63) is 0 Å². The second-order valence-corrected chi connectivity index (χ2v) is 0. The van der Waals surface area contributed by atoms with E-state index in [2.05, 4.69) is 0 Å². The second kappa shape index (κ2) is 15.8. The van der Waals surface area contributed by atoms with E-state index in [1.54, 1.807) is 0 Å². The van der Waals surface area contributed by atoms with Gasteiger partial charge in [-0.15, -0.1) is 0 Å². The first-order chi connectivity index (χ1) is 0. The van der Waals surface area contributed by atoms with E-state index in [1.807, 2.05) is 0 Å².